The minimum absolute atomic E-state index is 0.544. The summed E-state index contributed by atoms with van der Waals surface area (Å²) in [5, 5.41) is 7.70. The molecule has 0 saturated carbocycles. The van der Waals surface area contributed by atoms with Gasteiger partial charge in [-0.3, -0.25) is 4.90 Å². The molecular formula is C13H27N5. The first kappa shape index (κ1) is 15.1. The van der Waals surface area contributed by atoms with Crippen LogP contribution in [0.25, 0.3) is 0 Å². The third kappa shape index (κ3) is 5.60. The molecule has 0 aromatic carbocycles. The molecular weight excluding hydrogens is 226 g/mol. The van der Waals surface area contributed by atoms with Crippen molar-refractivity contribution < 1.29 is 0 Å². The molecule has 0 radical (unpaired) electrons. The topological polar surface area (TPSA) is 46.0 Å². The van der Waals surface area contributed by atoms with E-state index >= 15 is 0 Å². The van der Waals surface area contributed by atoms with Gasteiger partial charge in [0.05, 0.1) is 6.54 Å². The largest absolute Gasteiger partial charge is 0.313 e. The lowest BCUT2D eigenvalue weighted by Crippen LogP contribution is -2.33. The average molecular weight is 253 g/mol. The van der Waals surface area contributed by atoms with Crippen molar-refractivity contribution in [1.29, 1.82) is 0 Å². The number of rotatable bonds is 8. The minimum atomic E-state index is 0.544. The quantitative estimate of drug-likeness (QED) is 0.760. The van der Waals surface area contributed by atoms with Crippen LogP contribution in [0.5, 0.6) is 0 Å². The summed E-state index contributed by atoms with van der Waals surface area (Å²) < 4.78 is 2.01. The lowest BCUT2D eigenvalue weighted by molar-refractivity contribution is 0.301. The number of aromatic nitrogens is 3. The van der Waals surface area contributed by atoms with Crippen molar-refractivity contribution >= 4 is 0 Å². The van der Waals surface area contributed by atoms with Gasteiger partial charge in [0.2, 0.25) is 0 Å². The summed E-state index contributed by atoms with van der Waals surface area (Å²) in [7, 11) is 2.12. The van der Waals surface area contributed by atoms with Gasteiger partial charge in [-0.1, -0.05) is 27.7 Å². The Kier molecular flexibility index (Phi) is 6.29. The molecule has 5 nitrogen and oxygen atoms in total. The average Bonchev–Trinajstić information content (AvgIpc) is 2.64. The monoisotopic (exact) mass is 253 g/mol. The SMILES string of the molecule is CC(C)Cn1ncnc1CN(C)CCNC(C)C. The highest BCUT2D eigenvalue weighted by Crippen LogP contribution is 2.03. The smallest absolute Gasteiger partial charge is 0.141 e. The van der Waals surface area contributed by atoms with Crippen LogP contribution in [-0.4, -0.2) is 45.8 Å². The summed E-state index contributed by atoms with van der Waals surface area (Å²) in [5.74, 6) is 1.65. The van der Waals surface area contributed by atoms with Gasteiger partial charge in [0.25, 0.3) is 0 Å². The molecule has 104 valence electrons. The predicted octanol–water partition coefficient (Wildman–Crippen LogP) is 1.36. The van der Waals surface area contributed by atoms with Gasteiger partial charge in [0.15, 0.2) is 0 Å². The van der Waals surface area contributed by atoms with Crippen LogP contribution >= 0.6 is 0 Å². The van der Waals surface area contributed by atoms with Crippen LogP contribution in [0.15, 0.2) is 6.33 Å². The minimum Gasteiger partial charge on any atom is -0.313 e. The second-order valence-corrected chi connectivity index (χ2v) is 5.60. The van der Waals surface area contributed by atoms with Crippen molar-refractivity contribution in [1.82, 2.24) is 25.0 Å². The van der Waals surface area contributed by atoms with E-state index in [1.54, 1.807) is 6.33 Å². The Bertz CT molecular complexity index is 332. The summed E-state index contributed by atoms with van der Waals surface area (Å²) in [5.41, 5.74) is 0. The summed E-state index contributed by atoms with van der Waals surface area (Å²) in [6.45, 7) is 12.5. The fourth-order valence-electron chi connectivity index (χ4n) is 1.77. The third-order valence-electron chi connectivity index (χ3n) is 2.69. The van der Waals surface area contributed by atoms with Crippen molar-refractivity contribution in [3.8, 4) is 0 Å². The van der Waals surface area contributed by atoms with E-state index < -0.39 is 0 Å². The van der Waals surface area contributed by atoms with Gasteiger partial charge in [0.1, 0.15) is 12.2 Å². The summed E-state index contributed by atoms with van der Waals surface area (Å²) in [6, 6.07) is 0.544. The molecule has 1 N–H and O–H groups in total. The molecule has 0 saturated heterocycles. The van der Waals surface area contributed by atoms with Gasteiger partial charge < -0.3 is 5.32 Å². The van der Waals surface area contributed by atoms with E-state index in [9.17, 15) is 0 Å². The Labute approximate surface area is 111 Å². The van der Waals surface area contributed by atoms with Crippen molar-refractivity contribution in [2.45, 2.75) is 46.8 Å². The second kappa shape index (κ2) is 7.48. The molecule has 18 heavy (non-hydrogen) atoms. The van der Waals surface area contributed by atoms with Crippen LogP contribution in [-0.2, 0) is 13.1 Å². The molecule has 1 aromatic heterocycles. The van der Waals surface area contributed by atoms with E-state index in [-0.39, 0.29) is 0 Å². The molecule has 0 atom stereocenters. The molecule has 0 fully saturated rings. The zero-order valence-corrected chi connectivity index (χ0v) is 12.3. The maximum Gasteiger partial charge on any atom is 0.141 e. The van der Waals surface area contributed by atoms with E-state index in [1.807, 2.05) is 4.68 Å². The van der Waals surface area contributed by atoms with Crippen LogP contribution < -0.4 is 5.32 Å². The highest BCUT2D eigenvalue weighted by atomic mass is 15.3. The van der Waals surface area contributed by atoms with Crippen molar-refractivity contribution in [3.05, 3.63) is 12.2 Å². The van der Waals surface area contributed by atoms with E-state index in [2.05, 4.69) is 55.0 Å². The first-order valence-corrected chi connectivity index (χ1v) is 6.77. The second-order valence-electron chi connectivity index (χ2n) is 5.60. The zero-order chi connectivity index (χ0) is 13.5. The fraction of sp³-hybridized carbons (Fsp3) is 0.846. The van der Waals surface area contributed by atoms with Crippen LogP contribution in [0.3, 0.4) is 0 Å². The Morgan fingerprint density at radius 2 is 2.06 bits per heavy atom. The Morgan fingerprint density at radius 3 is 2.67 bits per heavy atom. The fourth-order valence-corrected chi connectivity index (χ4v) is 1.77. The molecule has 1 heterocycles. The number of hydrogen-bond donors (Lipinski definition) is 1. The van der Waals surface area contributed by atoms with Gasteiger partial charge in [-0.25, -0.2) is 9.67 Å². The molecule has 0 bridgehead atoms. The molecule has 5 heteroatoms. The highest BCUT2D eigenvalue weighted by Gasteiger charge is 2.08. The molecule has 0 amide bonds. The Balaban J connectivity index is 2.39. The number of likely N-dealkylation sites (N-methyl/N-ethyl adjacent to an activating group) is 1. The maximum atomic E-state index is 4.34. The maximum absolute atomic E-state index is 4.34. The van der Waals surface area contributed by atoms with Crippen molar-refractivity contribution in [2.75, 3.05) is 20.1 Å². The van der Waals surface area contributed by atoms with E-state index in [1.165, 1.54) is 0 Å². The Morgan fingerprint density at radius 1 is 1.33 bits per heavy atom. The zero-order valence-electron chi connectivity index (χ0n) is 12.3. The first-order valence-electron chi connectivity index (χ1n) is 6.77. The molecule has 1 rings (SSSR count). The van der Waals surface area contributed by atoms with Crippen LogP contribution in [0.1, 0.15) is 33.5 Å². The van der Waals surface area contributed by atoms with Gasteiger partial charge in [-0.15, -0.1) is 0 Å². The van der Waals surface area contributed by atoms with Crippen LogP contribution in [0.2, 0.25) is 0 Å². The third-order valence-corrected chi connectivity index (χ3v) is 2.69. The highest BCUT2D eigenvalue weighted by molar-refractivity contribution is 4.84. The summed E-state index contributed by atoms with van der Waals surface area (Å²) >= 11 is 0. The van der Waals surface area contributed by atoms with Gasteiger partial charge >= 0.3 is 0 Å². The van der Waals surface area contributed by atoms with Crippen molar-refractivity contribution in [2.24, 2.45) is 5.92 Å². The summed E-state index contributed by atoms with van der Waals surface area (Å²) in [4.78, 5) is 6.62. The van der Waals surface area contributed by atoms with E-state index in [0.29, 0.717) is 12.0 Å². The number of nitrogens with one attached hydrogen (secondary N) is 1. The van der Waals surface area contributed by atoms with Gasteiger partial charge in [-0.2, -0.15) is 5.10 Å². The molecule has 0 unspecified atom stereocenters. The van der Waals surface area contributed by atoms with Crippen LogP contribution in [0, 0.1) is 5.92 Å². The lowest BCUT2D eigenvalue weighted by atomic mass is 10.2. The lowest BCUT2D eigenvalue weighted by Gasteiger charge is -2.18. The predicted molar refractivity (Wildman–Crippen MR) is 74.3 cm³/mol. The summed E-state index contributed by atoms with van der Waals surface area (Å²) in [6.07, 6.45) is 1.65. The number of hydrogen-bond acceptors (Lipinski definition) is 4. The normalized spacial score (nSPS) is 12.0. The first-order chi connectivity index (χ1) is 8.49. The standard InChI is InChI=1S/C13H27N5/c1-11(2)8-18-13(15-10-16-18)9-17(5)7-6-14-12(3)4/h10-12,14H,6-9H2,1-5H3. The number of nitrogens with zero attached hydrogens (tertiary/aromatic N) is 4. The van der Waals surface area contributed by atoms with Gasteiger partial charge in [0, 0.05) is 25.7 Å². The van der Waals surface area contributed by atoms with Gasteiger partial charge in [-0.05, 0) is 13.0 Å². The molecule has 0 aliphatic carbocycles. The van der Waals surface area contributed by atoms with E-state index in [0.717, 1.165) is 32.0 Å². The van der Waals surface area contributed by atoms with Crippen molar-refractivity contribution in [3.63, 3.8) is 0 Å². The molecule has 0 spiro atoms. The Hall–Kier alpha value is -0.940. The molecule has 0 aliphatic heterocycles. The molecule has 0 aliphatic rings. The van der Waals surface area contributed by atoms with E-state index in [4.69, 9.17) is 0 Å². The van der Waals surface area contributed by atoms with Crippen LogP contribution in [0.4, 0.5) is 0 Å². The molecule has 1 aromatic rings.